The maximum atomic E-state index is 6.06. The summed E-state index contributed by atoms with van der Waals surface area (Å²) >= 11 is 6.06. The fourth-order valence-corrected chi connectivity index (χ4v) is 1.71. The van der Waals surface area contributed by atoms with Crippen LogP contribution in [0.4, 0.5) is 5.69 Å². The highest BCUT2D eigenvalue weighted by atomic mass is 35.5. The van der Waals surface area contributed by atoms with Crippen molar-refractivity contribution in [1.82, 2.24) is 0 Å². The van der Waals surface area contributed by atoms with Gasteiger partial charge in [-0.3, -0.25) is 0 Å². The number of hydrogen-bond donors (Lipinski definition) is 1. The van der Waals surface area contributed by atoms with Crippen molar-refractivity contribution in [1.29, 1.82) is 0 Å². The minimum Gasteiger partial charge on any atom is -0.495 e. The van der Waals surface area contributed by atoms with Gasteiger partial charge in [-0.25, -0.2) is 0 Å². The summed E-state index contributed by atoms with van der Waals surface area (Å²) in [6, 6.07) is 3.89. The van der Waals surface area contributed by atoms with E-state index in [0.717, 1.165) is 35.0 Å². The Bertz CT molecular complexity index is 355. The number of nitrogens with zero attached hydrogens (tertiary/aromatic N) is 1. The highest BCUT2D eigenvalue weighted by Crippen LogP contribution is 2.33. The molecular formula is C12H19ClN2O. The van der Waals surface area contributed by atoms with E-state index in [1.165, 1.54) is 0 Å². The first-order valence-corrected chi connectivity index (χ1v) is 5.73. The maximum Gasteiger partial charge on any atom is 0.143 e. The number of benzene rings is 1. The molecule has 0 amide bonds. The van der Waals surface area contributed by atoms with E-state index in [-0.39, 0.29) is 0 Å². The average molecular weight is 243 g/mol. The van der Waals surface area contributed by atoms with Gasteiger partial charge >= 0.3 is 0 Å². The van der Waals surface area contributed by atoms with Gasteiger partial charge in [0.25, 0.3) is 0 Å². The van der Waals surface area contributed by atoms with Gasteiger partial charge in [0.05, 0.1) is 12.8 Å². The molecule has 16 heavy (non-hydrogen) atoms. The Kier molecular flexibility index (Phi) is 4.90. The molecule has 2 N–H and O–H groups in total. The first-order valence-electron chi connectivity index (χ1n) is 5.35. The topological polar surface area (TPSA) is 38.5 Å². The minimum atomic E-state index is 0.694. The van der Waals surface area contributed by atoms with Crippen LogP contribution < -0.4 is 15.4 Å². The van der Waals surface area contributed by atoms with Gasteiger partial charge in [0.15, 0.2) is 0 Å². The Morgan fingerprint density at radius 3 is 2.69 bits per heavy atom. The zero-order valence-corrected chi connectivity index (χ0v) is 10.8. The summed E-state index contributed by atoms with van der Waals surface area (Å²) in [5, 5.41) is 0.729. The van der Waals surface area contributed by atoms with Gasteiger partial charge in [0.1, 0.15) is 5.75 Å². The molecule has 3 nitrogen and oxygen atoms in total. The van der Waals surface area contributed by atoms with Crippen LogP contribution in [0.3, 0.4) is 0 Å². The molecule has 0 spiro atoms. The molecule has 0 unspecified atom stereocenters. The third-order valence-corrected chi connectivity index (χ3v) is 2.98. The largest absolute Gasteiger partial charge is 0.495 e. The molecule has 0 bridgehead atoms. The molecule has 1 rings (SSSR count). The summed E-state index contributed by atoms with van der Waals surface area (Å²) in [6.45, 7) is 3.59. The lowest BCUT2D eigenvalue weighted by Gasteiger charge is -2.22. The molecule has 0 aliphatic carbocycles. The molecule has 0 fully saturated rings. The number of anilines is 1. The Hall–Kier alpha value is -0.930. The second-order valence-corrected chi connectivity index (χ2v) is 4.24. The van der Waals surface area contributed by atoms with Crippen LogP contribution in [0.5, 0.6) is 5.75 Å². The molecule has 0 aliphatic rings. The smallest absolute Gasteiger partial charge is 0.143 e. The third-order valence-electron chi connectivity index (χ3n) is 2.57. The van der Waals surface area contributed by atoms with E-state index >= 15 is 0 Å². The van der Waals surface area contributed by atoms with Crippen molar-refractivity contribution >= 4 is 17.3 Å². The standard InChI is InChI=1S/C12H19ClN2O/c1-9-7-11(15(2)6-4-5-14)12(16-3)8-10(9)13/h7-8H,4-6,14H2,1-3H3. The van der Waals surface area contributed by atoms with E-state index in [1.54, 1.807) is 7.11 Å². The Morgan fingerprint density at radius 1 is 1.44 bits per heavy atom. The summed E-state index contributed by atoms with van der Waals surface area (Å²) in [6.07, 6.45) is 0.960. The molecule has 0 aliphatic heterocycles. The van der Waals surface area contributed by atoms with Crippen LogP contribution in [0, 0.1) is 6.92 Å². The summed E-state index contributed by atoms with van der Waals surface area (Å²) in [5.74, 6) is 0.801. The van der Waals surface area contributed by atoms with Crippen LogP contribution >= 0.6 is 11.6 Å². The van der Waals surface area contributed by atoms with Crippen molar-refractivity contribution in [3.8, 4) is 5.75 Å². The molecule has 0 saturated carbocycles. The SMILES string of the molecule is COc1cc(Cl)c(C)cc1N(C)CCCN. The van der Waals surface area contributed by atoms with E-state index in [1.807, 2.05) is 26.1 Å². The number of methoxy groups -OCH3 is 1. The first-order chi connectivity index (χ1) is 7.60. The molecule has 4 heteroatoms. The zero-order valence-electron chi connectivity index (χ0n) is 10.1. The van der Waals surface area contributed by atoms with Crippen molar-refractivity contribution in [3.63, 3.8) is 0 Å². The zero-order chi connectivity index (χ0) is 12.1. The fraction of sp³-hybridized carbons (Fsp3) is 0.500. The number of ether oxygens (including phenoxy) is 1. The molecule has 0 atom stereocenters. The number of halogens is 1. The molecule has 1 aromatic rings. The van der Waals surface area contributed by atoms with Crippen LogP contribution in [0.15, 0.2) is 12.1 Å². The lowest BCUT2D eigenvalue weighted by atomic mass is 10.2. The van der Waals surface area contributed by atoms with Crippen LogP contribution in [-0.2, 0) is 0 Å². The quantitative estimate of drug-likeness (QED) is 0.862. The highest BCUT2D eigenvalue weighted by molar-refractivity contribution is 6.31. The van der Waals surface area contributed by atoms with Crippen molar-refractivity contribution in [3.05, 3.63) is 22.7 Å². The third kappa shape index (κ3) is 3.03. The molecule has 0 heterocycles. The second-order valence-electron chi connectivity index (χ2n) is 3.84. The van der Waals surface area contributed by atoms with E-state index in [9.17, 15) is 0 Å². The van der Waals surface area contributed by atoms with Gasteiger partial charge in [-0.15, -0.1) is 0 Å². The number of aryl methyl sites for hydroxylation is 1. The van der Waals surface area contributed by atoms with E-state index in [4.69, 9.17) is 22.1 Å². The van der Waals surface area contributed by atoms with Crippen molar-refractivity contribution in [2.24, 2.45) is 5.73 Å². The Balaban J connectivity index is 2.96. The van der Waals surface area contributed by atoms with Crippen LogP contribution in [0.2, 0.25) is 5.02 Å². The minimum absolute atomic E-state index is 0.694. The van der Waals surface area contributed by atoms with Gasteiger partial charge in [-0.05, 0) is 31.5 Å². The predicted molar refractivity (Wildman–Crippen MR) is 69.7 cm³/mol. The molecular weight excluding hydrogens is 224 g/mol. The van der Waals surface area contributed by atoms with Crippen molar-refractivity contribution in [2.75, 3.05) is 32.1 Å². The molecule has 1 aromatic carbocycles. The first kappa shape index (κ1) is 13.1. The van der Waals surface area contributed by atoms with E-state index in [2.05, 4.69) is 4.90 Å². The Morgan fingerprint density at radius 2 is 2.12 bits per heavy atom. The second kappa shape index (κ2) is 5.97. The lowest BCUT2D eigenvalue weighted by Crippen LogP contribution is -2.21. The number of hydrogen-bond acceptors (Lipinski definition) is 3. The summed E-state index contributed by atoms with van der Waals surface area (Å²) < 4.78 is 5.32. The average Bonchev–Trinajstić information content (AvgIpc) is 2.28. The van der Waals surface area contributed by atoms with Gasteiger partial charge in [-0.2, -0.15) is 0 Å². The van der Waals surface area contributed by atoms with Gasteiger partial charge in [0, 0.05) is 24.7 Å². The van der Waals surface area contributed by atoms with Gasteiger partial charge in [-0.1, -0.05) is 11.6 Å². The summed E-state index contributed by atoms with van der Waals surface area (Å²) in [4.78, 5) is 2.13. The van der Waals surface area contributed by atoms with Crippen LogP contribution in [0.25, 0.3) is 0 Å². The van der Waals surface area contributed by atoms with Gasteiger partial charge in [0.2, 0.25) is 0 Å². The fourth-order valence-electron chi connectivity index (χ4n) is 1.56. The van der Waals surface area contributed by atoms with Crippen LogP contribution in [-0.4, -0.2) is 27.2 Å². The molecule has 90 valence electrons. The molecule has 0 aromatic heterocycles. The molecule has 0 saturated heterocycles. The van der Waals surface area contributed by atoms with Crippen LogP contribution in [0.1, 0.15) is 12.0 Å². The maximum absolute atomic E-state index is 6.06. The highest BCUT2D eigenvalue weighted by Gasteiger charge is 2.10. The molecule has 0 radical (unpaired) electrons. The summed E-state index contributed by atoms with van der Waals surface area (Å²) in [5.41, 5.74) is 7.61. The number of nitrogens with two attached hydrogens (primary N) is 1. The van der Waals surface area contributed by atoms with Gasteiger partial charge < -0.3 is 15.4 Å². The van der Waals surface area contributed by atoms with Crippen molar-refractivity contribution in [2.45, 2.75) is 13.3 Å². The monoisotopic (exact) mass is 242 g/mol. The van der Waals surface area contributed by atoms with Crippen molar-refractivity contribution < 1.29 is 4.74 Å². The lowest BCUT2D eigenvalue weighted by molar-refractivity contribution is 0.414. The van der Waals surface area contributed by atoms with E-state index in [0.29, 0.717) is 6.54 Å². The Labute approximate surface area is 102 Å². The van der Waals surface area contributed by atoms with E-state index < -0.39 is 0 Å². The summed E-state index contributed by atoms with van der Waals surface area (Å²) in [7, 11) is 3.68. The number of rotatable bonds is 5. The normalized spacial score (nSPS) is 10.3. The predicted octanol–water partition coefficient (Wildman–Crippen LogP) is 2.44.